The Morgan fingerprint density at radius 3 is 2.21 bits per heavy atom. The molecular formula is C33H28N2O3. The zero-order valence-electron chi connectivity index (χ0n) is 21.1. The van der Waals surface area contributed by atoms with Gasteiger partial charge in [0.05, 0.1) is 30.4 Å². The molecule has 1 aliphatic carbocycles. The van der Waals surface area contributed by atoms with Gasteiger partial charge in [-0.15, -0.1) is 0 Å². The molecule has 3 atom stereocenters. The normalized spacial score (nSPS) is 20.1. The molecule has 0 saturated heterocycles. The third-order valence-corrected chi connectivity index (χ3v) is 7.43. The fourth-order valence-electron chi connectivity index (χ4n) is 5.46. The molecule has 0 unspecified atom stereocenters. The summed E-state index contributed by atoms with van der Waals surface area (Å²) in [5.74, 6) is 0.475. The molecular weight excluding hydrogens is 472 g/mol. The molecule has 4 aromatic carbocycles. The van der Waals surface area contributed by atoms with Crippen molar-refractivity contribution in [1.29, 1.82) is 0 Å². The second-order valence-corrected chi connectivity index (χ2v) is 9.76. The van der Waals surface area contributed by atoms with Gasteiger partial charge in [-0.2, -0.15) is 0 Å². The lowest BCUT2D eigenvalue weighted by Crippen LogP contribution is -2.33. The van der Waals surface area contributed by atoms with E-state index in [-0.39, 0.29) is 23.5 Å². The highest BCUT2D eigenvalue weighted by Crippen LogP contribution is 2.45. The van der Waals surface area contributed by atoms with Crippen LogP contribution in [0.3, 0.4) is 0 Å². The zero-order chi connectivity index (χ0) is 26.1. The van der Waals surface area contributed by atoms with Crippen molar-refractivity contribution in [2.75, 3.05) is 17.7 Å². The van der Waals surface area contributed by atoms with Gasteiger partial charge in [0.2, 0.25) is 0 Å². The van der Waals surface area contributed by atoms with E-state index in [2.05, 4.69) is 28.8 Å². The van der Waals surface area contributed by atoms with Crippen molar-refractivity contribution in [3.63, 3.8) is 0 Å². The summed E-state index contributed by atoms with van der Waals surface area (Å²) in [4.78, 5) is 27.0. The van der Waals surface area contributed by atoms with Gasteiger partial charge in [0.25, 0.3) is 0 Å². The summed E-state index contributed by atoms with van der Waals surface area (Å²) in [7, 11) is 1.64. The lowest BCUT2D eigenvalue weighted by atomic mass is 9.76. The van der Waals surface area contributed by atoms with Gasteiger partial charge >= 0.3 is 0 Å². The first-order valence-corrected chi connectivity index (χ1v) is 12.8. The Balaban J connectivity index is 1.44. The predicted molar refractivity (Wildman–Crippen MR) is 150 cm³/mol. The van der Waals surface area contributed by atoms with E-state index in [4.69, 9.17) is 4.74 Å². The molecule has 1 aliphatic heterocycles. The van der Waals surface area contributed by atoms with Gasteiger partial charge in [-0.1, -0.05) is 78.9 Å². The molecule has 5 heteroatoms. The Kier molecular flexibility index (Phi) is 6.26. The largest absolute Gasteiger partial charge is 0.497 e. The smallest absolute Gasteiger partial charge is 0.193 e. The molecule has 0 saturated carbocycles. The lowest BCUT2D eigenvalue weighted by Gasteiger charge is -2.32. The molecule has 1 heterocycles. The zero-order valence-corrected chi connectivity index (χ0v) is 21.1. The fourth-order valence-corrected chi connectivity index (χ4v) is 5.46. The van der Waals surface area contributed by atoms with Crippen molar-refractivity contribution in [3.8, 4) is 5.75 Å². The molecule has 6 rings (SSSR count). The summed E-state index contributed by atoms with van der Waals surface area (Å²) in [5.41, 5.74) is 5.81. The fraction of sp³-hybridized carbons (Fsp3) is 0.152. The number of rotatable bonds is 5. The van der Waals surface area contributed by atoms with E-state index in [1.807, 2.05) is 91.0 Å². The molecule has 38 heavy (non-hydrogen) atoms. The van der Waals surface area contributed by atoms with Gasteiger partial charge in [0.1, 0.15) is 11.5 Å². The van der Waals surface area contributed by atoms with Crippen LogP contribution in [0.5, 0.6) is 5.75 Å². The van der Waals surface area contributed by atoms with Gasteiger partial charge in [0.15, 0.2) is 5.78 Å². The van der Waals surface area contributed by atoms with Crippen LogP contribution in [0.1, 0.15) is 45.4 Å². The quantitative estimate of drug-likeness (QED) is 0.296. The molecule has 0 fully saturated rings. The van der Waals surface area contributed by atoms with Gasteiger partial charge in [-0.05, 0) is 41.5 Å². The molecule has 0 bridgehead atoms. The van der Waals surface area contributed by atoms with Crippen LogP contribution < -0.4 is 15.4 Å². The summed E-state index contributed by atoms with van der Waals surface area (Å²) >= 11 is 0. The maximum absolute atomic E-state index is 13.8. The maximum atomic E-state index is 13.8. The Morgan fingerprint density at radius 1 is 0.789 bits per heavy atom. The third kappa shape index (κ3) is 4.48. The number of hydrogen-bond donors (Lipinski definition) is 2. The number of Topliss-reactive ketones (excluding diaryl/α,β-unsaturated/α-hetero) is 1. The van der Waals surface area contributed by atoms with Gasteiger partial charge < -0.3 is 15.4 Å². The number of ketones is 2. The van der Waals surface area contributed by atoms with Crippen LogP contribution in [-0.2, 0) is 4.79 Å². The number of hydrogen-bond acceptors (Lipinski definition) is 5. The van der Waals surface area contributed by atoms with Gasteiger partial charge in [-0.3, -0.25) is 9.59 Å². The monoisotopic (exact) mass is 500 g/mol. The van der Waals surface area contributed by atoms with Crippen LogP contribution in [0.25, 0.3) is 0 Å². The number of anilines is 2. The maximum Gasteiger partial charge on any atom is 0.193 e. The highest BCUT2D eigenvalue weighted by atomic mass is 16.5. The molecule has 0 spiro atoms. The number of benzene rings is 4. The number of nitrogens with one attached hydrogen (secondary N) is 2. The third-order valence-electron chi connectivity index (χ3n) is 7.43. The van der Waals surface area contributed by atoms with E-state index in [9.17, 15) is 9.59 Å². The first-order valence-electron chi connectivity index (χ1n) is 12.8. The molecule has 5 nitrogen and oxygen atoms in total. The highest BCUT2D eigenvalue weighted by molar-refractivity contribution is 6.10. The van der Waals surface area contributed by atoms with Crippen LogP contribution in [0.15, 0.2) is 115 Å². The molecule has 0 aromatic heterocycles. The SMILES string of the molecule is COc1ccc([C@H]2Nc3ccc(C(=O)c4ccccc4)cc3NC3=C[C@H](c4ccccc4)CC(=O)[C@H]32)cc1. The minimum absolute atomic E-state index is 0.0188. The minimum atomic E-state index is -0.399. The second-order valence-electron chi connectivity index (χ2n) is 9.76. The number of carbonyl (C=O) groups is 2. The van der Waals surface area contributed by atoms with E-state index in [0.29, 0.717) is 17.5 Å². The average Bonchev–Trinajstić information content (AvgIpc) is 3.14. The second kappa shape index (κ2) is 10.0. The Morgan fingerprint density at radius 2 is 1.50 bits per heavy atom. The number of ether oxygens (including phenoxy) is 1. The molecule has 2 N–H and O–H groups in total. The van der Waals surface area contributed by atoms with Crippen molar-refractivity contribution in [3.05, 3.63) is 137 Å². The van der Waals surface area contributed by atoms with Crippen molar-refractivity contribution in [2.45, 2.75) is 18.4 Å². The van der Waals surface area contributed by atoms with Gasteiger partial charge in [-0.25, -0.2) is 0 Å². The van der Waals surface area contributed by atoms with Gasteiger partial charge in [0, 0.05) is 29.2 Å². The molecule has 4 aromatic rings. The van der Waals surface area contributed by atoms with E-state index in [0.717, 1.165) is 33.9 Å². The summed E-state index contributed by atoms with van der Waals surface area (Å²) in [6, 6.07) is 32.6. The first kappa shape index (κ1) is 23.7. The molecule has 188 valence electrons. The van der Waals surface area contributed by atoms with Crippen LogP contribution in [0.4, 0.5) is 11.4 Å². The molecule has 0 amide bonds. The van der Waals surface area contributed by atoms with Crippen LogP contribution in [0.2, 0.25) is 0 Å². The van der Waals surface area contributed by atoms with E-state index >= 15 is 0 Å². The molecule has 0 radical (unpaired) electrons. The van der Waals surface area contributed by atoms with E-state index in [1.54, 1.807) is 7.11 Å². The summed E-state index contributed by atoms with van der Waals surface area (Å²) in [5, 5.41) is 7.19. The van der Waals surface area contributed by atoms with Crippen molar-refractivity contribution < 1.29 is 14.3 Å². The predicted octanol–water partition coefficient (Wildman–Crippen LogP) is 6.76. The van der Waals surface area contributed by atoms with E-state index < -0.39 is 5.92 Å². The summed E-state index contributed by atoms with van der Waals surface area (Å²) in [6.07, 6.45) is 2.61. The molecule has 2 aliphatic rings. The van der Waals surface area contributed by atoms with Crippen molar-refractivity contribution >= 4 is 22.9 Å². The summed E-state index contributed by atoms with van der Waals surface area (Å²) < 4.78 is 5.36. The Bertz CT molecular complexity index is 1510. The number of fused-ring (bicyclic) bond motifs is 2. The Labute approximate surface area is 222 Å². The number of carbonyl (C=O) groups excluding carboxylic acids is 2. The minimum Gasteiger partial charge on any atom is -0.497 e. The highest BCUT2D eigenvalue weighted by Gasteiger charge is 2.40. The van der Waals surface area contributed by atoms with Crippen molar-refractivity contribution in [2.24, 2.45) is 5.92 Å². The number of allylic oxidation sites excluding steroid dienone is 1. The number of methoxy groups -OCH3 is 1. The van der Waals surface area contributed by atoms with Crippen LogP contribution >= 0.6 is 0 Å². The first-order chi connectivity index (χ1) is 18.6. The van der Waals surface area contributed by atoms with E-state index in [1.165, 1.54) is 0 Å². The van der Waals surface area contributed by atoms with Crippen molar-refractivity contribution in [1.82, 2.24) is 0 Å². The lowest BCUT2D eigenvalue weighted by molar-refractivity contribution is -0.122. The topological polar surface area (TPSA) is 67.4 Å². The van der Waals surface area contributed by atoms with Crippen LogP contribution in [-0.4, -0.2) is 18.7 Å². The average molecular weight is 501 g/mol. The van der Waals surface area contributed by atoms with Crippen LogP contribution in [0, 0.1) is 5.92 Å². The Hall–Kier alpha value is -4.64. The standard InChI is InChI=1S/C33H28N2O3/c1-38-26-15-12-22(13-16-26)32-31-29(19-25(20-30(31)36)21-8-4-2-5-9-21)34-28-18-24(14-17-27(28)35-32)33(37)23-10-6-3-7-11-23/h2-19,25,31-32,34-35H,20H2,1H3/t25-,31-,32+/m0/s1. The summed E-state index contributed by atoms with van der Waals surface area (Å²) in [6.45, 7) is 0.